The minimum absolute atomic E-state index is 0.125. The van der Waals surface area contributed by atoms with Crippen molar-refractivity contribution in [3.8, 4) is 0 Å². The molecule has 0 aliphatic heterocycles. The van der Waals surface area contributed by atoms with E-state index in [1.807, 2.05) is 0 Å². The lowest BCUT2D eigenvalue weighted by Gasteiger charge is -2.31. The van der Waals surface area contributed by atoms with Gasteiger partial charge in [0.05, 0.1) is 6.04 Å². The van der Waals surface area contributed by atoms with Crippen LogP contribution in [0.25, 0.3) is 0 Å². The van der Waals surface area contributed by atoms with E-state index in [1.54, 1.807) is 0 Å². The second kappa shape index (κ2) is 4.72. The first kappa shape index (κ1) is 10.6. The van der Waals surface area contributed by atoms with Gasteiger partial charge in [0.1, 0.15) is 12.2 Å². The summed E-state index contributed by atoms with van der Waals surface area (Å²) in [4.78, 5) is 4.17. The van der Waals surface area contributed by atoms with Crippen LogP contribution in [-0.2, 0) is 0 Å². The highest BCUT2D eigenvalue weighted by Gasteiger charge is 2.28. The molecule has 1 fully saturated rings. The third-order valence-corrected chi connectivity index (χ3v) is 3.44. The molecule has 1 atom stereocenters. The number of nitrogens with zero attached hydrogens (tertiary/aromatic N) is 2. The Morgan fingerprint density at radius 2 is 2.20 bits per heavy atom. The molecule has 5 nitrogen and oxygen atoms in total. The van der Waals surface area contributed by atoms with Crippen molar-refractivity contribution in [2.24, 2.45) is 17.7 Å². The van der Waals surface area contributed by atoms with Crippen LogP contribution in [-0.4, -0.2) is 15.2 Å². The normalized spacial score (nSPS) is 28.9. The molecule has 1 aromatic heterocycles. The lowest BCUT2D eigenvalue weighted by molar-refractivity contribution is 0.227. The molecule has 1 aliphatic rings. The summed E-state index contributed by atoms with van der Waals surface area (Å²) in [5.74, 6) is 7.89. The molecule has 1 aromatic rings. The SMILES string of the molecule is CC1CCC(C(NN)c2ncn[nH]2)CC1. The molecular formula is C10H19N5. The molecule has 2 rings (SSSR count). The van der Waals surface area contributed by atoms with Crippen LogP contribution in [0, 0.1) is 11.8 Å². The van der Waals surface area contributed by atoms with Crippen molar-refractivity contribution in [1.82, 2.24) is 20.6 Å². The molecule has 0 amide bonds. The maximum Gasteiger partial charge on any atom is 0.143 e. The maximum absolute atomic E-state index is 5.59. The number of nitrogens with one attached hydrogen (secondary N) is 2. The van der Waals surface area contributed by atoms with E-state index < -0.39 is 0 Å². The standard InChI is InChI=1S/C10H19N5/c1-7-2-4-8(5-3-7)9(14-11)10-12-6-13-15-10/h6-9,14H,2-5,11H2,1H3,(H,12,13,15). The molecule has 84 valence electrons. The van der Waals surface area contributed by atoms with E-state index in [9.17, 15) is 0 Å². The van der Waals surface area contributed by atoms with Crippen LogP contribution < -0.4 is 11.3 Å². The van der Waals surface area contributed by atoms with E-state index in [0.29, 0.717) is 5.92 Å². The summed E-state index contributed by atoms with van der Waals surface area (Å²) in [5.41, 5.74) is 2.86. The monoisotopic (exact) mass is 209 g/mol. The average Bonchev–Trinajstić information content (AvgIpc) is 2.75. The van der Waals surface area contributed by atoms with Gasteiger partial charge in [-0.05, 0) is 24.7 Å². The number of aromatic nitrogens is 3. The number of hydrogen-bond acceptors (Lipinski definition) is 4. The fourth-order valence-corrected chi connectivity index (χ4v) is 2.42. The second-order valence-electron chi connectivity index (χ2n) is 4.54. The van der Waals surface area contributed by atoms with Gasteiger partial charge in [-0.1, -0.05) is 19.8 Å². The van der Waals surface area contributed by atoms with Crippen molar-refractivity contribution in [3.05, 3.63) is 12.2 Å². The zero-order valence-electron chi connectivity index (χ0n) is 9.11. The molecule has 1 heterocycles. The minimum Gasteiger partial charge on any atom is -0.271 e. The lowest BCUT2D eigenvalue weighted by Crippen LogP contribution is -2.36. The first-order chi connectivity index (χ1) is 7.31. The summed E-state index contributed by atoms with van der Waals surface area (Å²) < 4.78 is 0. The Labute approximate surface area is 89.8 Å². The zero-order valence-corrected chi connectivity index (χ0v) is 9.11. The van der Waals surface area contributed by atoms with Gasteiger partial charge in [-0.15, -0.1) is 0 Å². The third-order valence-electron chi connectivity index (χ3n) is 3.44. The van der Waals surface area contributed by atoms with Gasteiger partial charge in [0.15, 0.2) is 0 Å². The van der Waals surface area contributed by atoms with Gasteiger partial charge in [0, 0.05) is 0 Å². The van der Waals surface area contributed by atoms with E-state index in [1.165, 1.54) is 32.0 Å². The average molecular weight is 209 g/mol. The summed E-state index contributed by atoms with van der Waals surface area (Å²) >= 11 is 0. The Balaban J connectivity index is 2.01. The first-order valence-corrected chi connectivity index (χ1v) is 5.62. The van der Waals surface area contributed by atoms with E-state index in [4.69, 9.17) is 5.84 Å². The number of hydrazine groups is 1. The molecule has 0 radical (unpaired) electrons. The summed E-state index contributed by atoms with van der Waals surface area (Å²) in [6, 6.07) is 0.125. The highest BCUT2D eigenvalue weighted by Crippen LogP contribution is 2.35. The molecule has 15 heavy (non-hydrogen) atoms. The number of H-pyrrole nitrogens is 1. The molecule has 4 N–H and O–H groups in total. The fourth-order valence-electron chi connectivity index (χ4n) is 2.42. The smallest absolute Gasteiger partial charge is 0.143 e. The molecule has 0 spiro atoms. The van der Waals surface area contributed by atoms with Crippen molar-refractivity contribution in [1.29, 1.82) is 0 Å². The number of aromatic amines is 1. The number of rotatable bonds is 3. The number of hydrogen-bond donors (Lipinski definition) is 3. The summed E-state index contributed by atoms with van der Waals surface area (Å²) in [6.45, 7) is 2.32. The third kappa shape index (κ3) is 2.35. The summed E-state index contributed by atoms with van der Waals surface area (Å²) in [7, 11) is 0. The van der Waals surface area contributed by atoms with E-state index >= 15 is 0 Å². The van der Waals surface area contributed by atoms with Crippen LogP contribution in [0.5, 0.6) is 0 Å². The highest BCUT2D eigenvalue weighted by atomic mass is 15.3. The molecule has 1 saturated carbocycles. The van der Waals surface area contributed by atoms with Gasteiger partial charge in [-0.2, -0.15) is 5.10 Å². The Bertz CT molecular complexity index is 276. The molecule has 5 heteroatoms. The van der Waals surface area contributed by atoms with E-state index in [2.05, 4.69) is 27.5 Å². The Morgan fingerprint density at radius 1 is 1.47 bits per heavy atom. The lowest BCUT2D eigenvalue weighted by atomic mass is 9.79. The van der Waals surface area contributed by atoms with Crippen molar-refractivity contribution >= 4 is 0 Å². The number of nitrogens with two attached hydrogens (primary N) is 1. The molecule has 1 unspecified atom stereocenters. The quantitative estimate of drug-likeness (QED) is 0.515. The predicted molar refractivity (Wildman–Crippen MR) is 57.6 cm³/mol. The zero-order chi connectivity index (χ0) is 10.7. The van der Waals surface area contributed by atoms with Crippen LogP contribution in [0.1, 0.15) is 44.5 Å². The van der Waals surface area contributed by atoms with Gasteiger partial charge in [0.25, 0.3) is 0 Å². The van der Waals surface area contributed by atoms with Gasteiger partial charge < -0.3 is 0 Å². The molecular weight excluding hydrogens is 190 g/mol. The van der Waals surface area contributed by atoms with Gasteiger partial charge in [-0.25, -0.2) is 10.4 Å². The van der Waals surface area contributed by atoms with Crippen LogP contribution in [0.2, 0.25) is 0 Å². The van der Waals surface area contributed by atoms with Gasteiger partial charge in [0.2, 0.25) is 0 Å². The van der Waals surface area contributed by atoms with Gasteiger partial charge >= 0.3 is 0 Å². The fraction of sp³-hybridized carbons (Fsp3) is 0.800. The second-order valence-corrected chi connectivity index (χ2v) is 4.54. The largest absolute Gasteiger partial charge is 0.271 e. The Hall–Kier alpha value is -0.940. The topological polar surface area (TPSA) is 79.6 Å². The van der Waals surface area contributed by atoms with Crippen LogP contribution >= 0.6 is 0 Å². The van der Waals surface area contributed by atoms with Crippen molar-refractivity contribution in [2.75, 3.05) is 0 Å². The minimum atomic E-state index is 0.125. The van der Waals surface area contributed by atoms with Crippen LogP contribution in [0.3, 0.4) is 0 Å². The van der Waals surface area contributed by atoms with Crippen LogP contribution in [0.4, 0.5) is 0 Å². The Kier molecular flexibility index (Phi) is 3.33. The predicted octanol–water partition coefficient (Wildman–Crippen LogP) is 1.14. The maximum atomic E-state index is 5.59. The highest BCUT2D eigenvalue weighted by molar-refractivity contribution is 4.95. The van der Waals surface area contributed by atoms with E-state index in [-0.39, 0.29) is 6.04 Å². The van der Waals surface area contributed by atoms with Crippen LogP contribution in [0.15, 0.2) is 6.33 Å². The van der Waals surface area contributed by atoms with Crippen molar-refractivity contribution < 1.29 is 0 Å². The summed E-state index contributed by atoms with van der Waals surface area (Å²) in [5, 5.41) is 6.76. The van der Waals surface area contributed by atoms with Gasteiger partial charge in [-0.3, -0.25) is 10.9 Å². The molecule has 1 aliphatic carbocycles. The summed E-state index contributed by atoms with van der Waals surface area (Å²) in [6.07, 6.45) is 6.55. The first-order valence-electron chi connectivity index (χ1n) is 5.62. The van der Waals surface area contributed by atoms with Crippen molar-refractivity contribution in [2.45, 2.75) is 38.6 Å². The molecule has 0 bridgehead atoms. The van der Waals surface area contributed by atoms with Crippen molar-refractivity contribution in [3.63, 3.8) is 0 Å². The Morgan fingerprint density at radius 3 is 2.73 bits per heavy atom. The van der Waals surface area contributed by atoms with E-state index in [0.717, 1.165) is 11.7 Å². The molecule has 0 aromatic carbocycles. The molecule has 0 saturated heterocycles.